The van der Waals surface area contributed by atoms with E-state index in [1.54, 1.807) is 0 Å². The van der Waals surface area contributed by atoms with Crippen LogP contribution < -0.4 is 5.32 Å². The van der Waals surface area contributed by atoms with E-state index in [2.05, 4.69) is 15.4 Å². The Kier molecular flexibility index (Phi) is 4.74. The third-order valence-corrected chi connectivity index (χ3v) is 5.37. The lowest BCUT2D eigenvalue weighted by molar-refractivity contribution is -0.122. The Labute approximate surface area is 147 Å². The van der Waals surface area contributed by atoms with Crippen molar-refractivity contribution in [3.05, 3.63) is 17.0 Å². The molecule has 1 N–H and O–H groups in total. The van der Waals surface area contributed by atoms with Crippen LogP contribution in [-0.4, -0.2) is 65.5 Å². The maximum Gasteiger partial charge on any atom is 0.276 e. The van der Waals surface area contributed by atoms with Crippen molar-refractivity contribution in [2.45, 2.75) is 51.0 Å². The monoisotopic (exact) mass is 346 g/mol. The molecule has 1 saturated carbocycles. The minimum atomic E-state index is -0.0195. The van der Waals surface area contributed by atoms with Crippen molar-refractivity contribution in [2.24, 2.45) is 0 Å². The minimum absolute atomic E-state index is 0.0195. The van der Waals surface area contributed by atoms with Crippen LogP contribution in [0.25, 0.3) is 0 Å². The Morgan fingerprint density at radius 3 is 2.60 bits per heavy atom. The third kappa shape index (κ3) is 3.86. The van der Waals surface area contributed by atoms with Crippen LogP contribution in [0, 0.1) is 0 Å². The van der Waals surface area contributed by atoms with Crippen LogP contribution in [-0.2, 0) is 17.6 Å². The van der Waals surface area contributed by atoms with Gasteiger partial charge in [0.25, 0.3) is 5.91 Å². The highest BCUT2D eigenvalue weighted by Crippen LogP contribution is 2.25. The Hall–Kier alpha value is -1.89. The summed E-state index contributed by atoms with van der Waals surface area (Å²) in [6.45, 7) is 3.15. The smallest absolute Gasteiger partial charge is 0.276 e. The number of carbonyl (C=O) groups excluding carboxylic acids is 2. The number of fused-ring (bicyclic) bond motifs is 1. The van der Waals surface area contributed by atoms with E-state index < -0.39 is 0 Å². The fraction of sp³-hybridized carbons (Fsp3) is 0.722. The Morgan fingerprint density at radius 1 is 1.08 bits per heavy atom. The van der Waals surface area contributed by atoms with Gasteiger partial charge >= 0.3 is 0 Å². The van der Waals surface area contributed by atoms with Crippen LogP contribution in [0.3, 0.4) is 0 Å². The topological polar surface area (TPSA) is 78.7 Å². The van der Waals surface area contributed by atoms with Gasteiger partial charge < -0.3 is 14.7 Å². The van der Waals surface area contributed by atoms with Gasteiger partial charge in [0, 0.05) is 44.2 Å². The molecule has 7 nitrogen and oxygen atoms in total. The van der Waals surface area contributed by atoms with Crippen molar-refractivity contribution < 1.29 is 14.1 Å². The first-order chi connectivity index (χ1) is 12.2. The Morgan fingerprint density at radius 2 is 1.84 bits per heavy atom. The van der Waals surface area contributed by atoms with Gasteiger partial charge in [-0.15, -0.1) is 0 Å². The zero-order valence-corrected chi connectivity index (χ0v) is 14.6. The Balaban J connectivity index is 1.32. The molecule has 1 aromatic rings. The second-order valence-electron chi connectivity index (χ2n) is 7.40. The number of amides is 2. The third-order valence-electron chi connectivity index (χ3n) is 5.37. The van der Waals surface area contributed by atoms with Gasteiger partial charge in [0.15, 0.2) is 5.69 Å². The van der Waals surface area contributed by atoms with E-state index >= 15 is 0 Å². The van der Waals surface area contributed by atoms with Crippen molar-refractivity contribution in [2.75, 3.05) is 32.7 Å². The molecular formula is C18H26N4O3. The molecule has 1 aromatic heterocycles. The molecule has 1 saturated heterocycles. The van der Waals surface area contributed by atoms with E-state index in [0.29, 0.717) is 31.4 Å². The number of rotatable bonds is 4. The maximum atomic E-state index is 12.8. The number of aryl methyl sites for hydroxylation is 1. The standard InChI is InChI=1S/C18H26N4O3/c23-16(19-13-6-7-13)12-21-8-10-22(11-9-21)18(24)17-14-4-2-1-3-5-15(14)25-20-17/h13H,1-12H2,(H,19,23). The molecule has 136 valence electrons. The van der Waals surface area contributed by atoms with Gasteiger partial charge in [0.1, 0.15) is 5.76 Å². The molecule has 0 radical (unpaired) electrons. The van der Waals surface area contributed by atoms with Gasteiger partial charge in [-0.25, -0.2) is 0 Å². The number of carbonyl (C=O) groups is 2. The summed E-state index contributed by atoms with van der Waals surface area (Å²) in [6.07, 6.45) is 7.38. The summed E-state index contributed by atoms with van der Waals surface area (Å²) in [7, 11) is 0. The summed E-state index contributed by atoms with van der Waals surface area (Å²) in [5.74, 6) is 0.981. The van der Waals surface area contributed by atoms with E-state index in [-0.39, 0.29) is 11.8 Å². The van der Waals surface area contributed by atoms with E-state index in [1.807, 2.05) is 4.90 Å². The maximum absolute atomic E-state index is 12.8. The normalized spacial score (nSPS) is 21.5. The van der Waals surface area contributed by atoms with Crippen molar-refractivity contribution in [3.63, 3.8) is 0 Å². The Bertz CT molecular complexity index is 645. The molecule has 1 aliphatic heterocycles. The van der Waals surface area contributed by atoms with Gasteiger partial charge in [-0.2, -0.15) is 0 Å². The van der Waals surface area contributed by atoms with Crippen molar-refractivity contribution in [1.29, 1.82) is 0 Å². The highest BCUT2D eigenvalue weighted by molar-refractivity contribution is 5.94. The predicted molar refractivity (Wildman–Crippen MR) is 91.3 cm³/mol. The SMILES string of the molecule is O=C(CN1CCN(C(=O)c2noc3c2CCCCC3)CC1)NC1CC1. The highest BCUT2D eigenvalue weighted by Gasteiger charge is 2.30. The molecule has 0 atom stereocenters. The zero-order chi connectivity index (χ0) is 17.2. The number of piperazine rings is 1. The van der Waals surface area contributed by atoms with Crippen LogP contribution in [0.15, 0.2) is 4.52 Å². The van der Waals surface area contributed by atoms with Crippen molar-refractivity contribution in [1.82, 2.24) is 20.3 Å². The minimum Gasteiger partial charge on any atom is -0.360 e. The first-order valence-electron chi connectivity index (χ1n) is 9.49. The van der Waals surface area contributed by atoms with Crippen LogP contribution in [0.4, 0.5) is 0 Å². The van der Waals surface area contributed by atoms with Crippen molar-refractivity contribution in [3.8, 4) is 0 Å². The number of nitrogens with zero attached hydrogens (tertiary/aromatic N) is 3. The largest absolute Gasteiger partial charge is 0.360 e. The number of nitrogens with one attached hydrogen (secondary N) is 1. The van der Waals surface area contributed by atoms with Gasteiger partial charge in [-0.1, -0.05) is 11.6 Å². The zero-order valence-electron chi connectivity index (χ0n) is 14.6. The lowest BCUT2D eigenvalue weighted by Crippen LogP contribution is -2.51. The van der Waals surface area contributed by atoms with E-state index in [9.17, 15) is 9.59 Å². The van der Waals surface area contributed by atoms with E-state index in [0.717, 1.165) is 62.9 Å². The first kappa shape index (κ1) is 16.6. The molecule has 7 heteroatoms. The molecule has 2 amide bonds. The summed E-state index contributed by atoms with van der Waals surface area (Å²) in [5.41, 5.74) is 1.53. The van der Waals surface area contributed by atoms with Crippen LogP contribution >= 0.6 is 0 Å². The molecule has 2 heterocycles. The lowest BCUT2D eigenvalue weighted by atomic mass is 10.1. The van der Waals surface area contributed by atoms with Crippen LogP contribution in [0.1, 0.15) is 53.9 Å². The van der Waals surface area contributed by atoms with Gasteiger partial charge in [-0.3, -0.25) is 14.5 Å². The molecular weight excluding hydrogens is 320 g/mol. The molecule has 0 aromatic carbocycles. The summed E-state index contributed by atoms with van der Waals surface area (Å²) in [6, 6.07) is 0.401. The summed E-state index contributed by atoms with van der Waals surface area (Å²) in [4.78, 5) is 28.7. The molecule has 25 heavy (non-hydrogen) atoms. The molecule has 4 rings (SSSR count). The fourth-order valence-corrected chi connectivity index (χ4v) is 3.69. The highest BCUT2D eigenvalue weighted by atomic mass is 16.5. The summed E-state index contributed by atoms with van der Waals surface area (Å²) < 4.78 is 5.43. The van der Waals surface area contributed by atoms with Gasteiger partial charge in [-0.05, 0) is 32.1 Å². The van der Waals surface area contributed by atoms with Crippen LogP contribution in [0.2, 0.25) is 0 Å². The average molecular weight is 346 g/mol. The van der Waals surface area contributed by atoms with E-state index in [4.69, 9.17) is 4.52 Å². The molecule has 3 aliphatic rings. The predicted octanol–water partition coefficient (Wildman–Crippen LogP) is 0.980. The molecule has 0 bridgehead atoms. The molecule has 0 spiro atoms. The number of hydrogen-bond donors (Lipinski definition) is 1. The molecule has 2 aliphatic carbocycles. The lowest BCUT2D eigenvalue weighted by Gasteiger charge is -2.34. The first-order valence-corrected chi connectivity index (χ1v) is 9.49. The van der Waals surface area contributed by atoms with Crippen molar-refractivity contribution >= 4 is 11.8 Å². The van der Waals surface area contributed by atoms with Crippen LogP contribution in [0.5, 0.6) is 0 Å². The van der Waals surface area contributed by atoms with Gasteiger partial charge in [0.05, 0.1) is 6.54 Å². The number of aromatic nitrogens is 1. The quantitative estimate of drug-likeness (QED) is 0.822. The van der Waals surface area contributed by atoms with E-state index in [1.165, 1.54) is 6.42 Å². The summed E-state index contributed by atoms with van der Waals surface area (Å²) >= 11 is 0. The second kappa shape index (κ2) is 7.15. The molecule has 2 fully saturated rings. The van der Waals surface area contributed by atoms with Gasteiger partial charge in [0.2, 0.25) is 5.91 Å². The second-order valence-corrected chi connectivity index (χ2v) is 7.40. The average Bonchev–Trinajstić information content (AvgIpc) is 3.38. The molecule has 0 unspecified atom stereocenters. The fourth-order valence-electron chi connectivity index (χ4n) is 3.69. The summed E-state index contributed by atoms with van der Waals surface area (Å²) in [5, 5.41) is 7.09. The number of hydrogen-bond acceptors (Lipinski definition) is 5.